The van der Waals surface area contributed by atoms with E-state index < -0.39 is 0 Å². The summed E-state index contributed by atoms with van der Waals surface area (Å²) in [5.41, 5.74) is 5.46. The Bertz CT molecular complexity index is 1130. The molecule has 0 bridgehead atoms. The highest BCUT2D eigenvalue weighted by Gasteiger charge is 2.20. The number of ether oxygens (including phenoxy) is 1. The number of phenols is 1. The van der Waals surface area contributed by atoms with E-state index in [1.54, 1.807) is 12.1 Å². The Morgan fingerprint density at radius 2 is 1.69 bits per heavy atom. The summed E-state index contributed by atoms with van der Waals surface area (Å²) in [5, 5.41) is 14.7. The number of benzene rings is 3. The molecule has 1 N–H and O–H groups in total. The molecule has 5 heteroatoms. The quantitative estimate of drug-likeness (QED) is 0.369. The number of nitrogens with zero attached hydrogens (tertiary/aromatic N) is 1. The summed E-state index contributed by atoms with van der Waals surface area (Å²) >= 11 is 3.45. The molecule has 0 aliphatic heterocycles. The molecule has 1 aromatic heterocycles. The Balaban J connectivity index is 1.60. The lowest BCUT2D eigenvalue weighted by Crippen LogP contribution is -1.95. The molecule has 4 aromatic rings. The first-order valence-corrected chi connectivity index (χ1v) is 10.0. The number of aryl methyl sites for hydroxylation is 2. The maximum atomic E-state index is 10.6. The number of aromatic hydroxyl groups is 1. The van der Waals surface area contributed by atoms with Crippen LogP contribution in [-0.4, -0.2) is 10.3 Å². The monoisotopic (exact) mass is 449 g/mol. The zero-order valence-corrected chi connectivity index (χ0v) is 17.7. The first-order chi connectivity index (χ1) is 14.0. The Morgan fingerprint density at radius 3 is 2.38 bits per heavy atom. The molecule has 0 aliphatic carbocycles. The van der Waals surface area contributed by atoms with Crippen LogP contribution >= 0.6 is 15.9 Å². The van der Waals surface area contributed by atoms with Gasteiger partial charge in [-0.2, -0.15) is 0 Å². The second-order valence-corrected chi connectivity index (χ2v) is 7.85. The fourth-order valence-corrected chi connectivity index (χ4v) is 3.42. The third kappa shape index (κ3) is 4.20. The van der Waals surface area contributed by atoms with Crippen LogP contribution in [-0.2, 0) is 6.61 Å². The van der Waals surface area contributed by atoms with Gasteiger partial charge in [0.15, 0.2) is 5.76 Å². The van der Waals surface area contributed by atoms with Gasteiger partial charge < -0.3 is 14.4 Å². The topological polar surface area (TPSA) is 55.5 Å². The van der Waals surface area contributed by atoms with E-state index >= 15 is 0 Å². The average molecular weight is 450 g/mol. The van der Waals surface area contributed by atoms with Crippen molar-refractivity contribution < 1.29 is 14.4 Å². The van der Waals surface area contributed by atoms with Gasteiger partial charge in [-0.15, -0.1) is 0 Å². The third-order valence-corrected chi connectivity index (χ3v) is 5.26. The lowest BCUT2D eigenvalue weighted by Gasteiger charge is -2.10. The lowest BCUT2D eigenvalue weighted by atomic mass is 9.99. The smallest absolute Gasteiger partial charge is 0.178 e. The normalized spacial score (nSPS) is 10.9. The van der Waals surface area contributed by atoms with Crippen LogP contribution in [0.2, 0.25) is 0 Å². The summed E-state index contributed by atoms with van der Waals surface area (Å²) in [6.45, 7) is 4.38. The molecule has 0 amide bonds. The molecule has 0 fully saturated rings. The number of aromatic nitrogens is 1. The molecule has 0 aliphatic rings. The van der Waals surface area contributed by atoms with Crippen molar-refractivity contribution in [2.24, 2.45) is 0 Å². The van der Waals surface area contributed by atoms with E-state index in [0.717, 1.165) is 26.9 Å². The standard InChI is InChI=1S/C24H20BrNO3/c1-15-3-5-17(6-4-15)14-28-20-11-12-21(22(27)13-20)24-23(16(2)26-29-24)18-7-9-19(25)10-8-18/h3-13,27H,14H2,1-2H3. The van der Waals surface area contributed by atoms with Crippen molar-refractivity contribution in [3.63, 3.8) is 0 Å². The summed E-state index contributed by atoms with van der Waals surface area (Å²) < 4.78 is 12.4. The number of rotatable bonds is 5. The van der Waals surface area contributed by atoms with Crippen LogP contribution in [0.5, 0.6) is 11.5 Å². The van der Waals surface area contributed by atoms with E-state index in [2.05, 4.69) is 40.1 Å². The van der Waals surface area contributed by atoms with E-state index in [9.17, 15) is 5.11 Å². The number of hydrogen-bond acceptors (Lipinski definition) is 4. The van der Waals surface area contributed by atoms with Crippen LogP contribution < -0.4 is 4.74 Å². The molecule has 0 atom stereocenters. The number of halogens is 1. The van der Waals surface area contributed by atoms with Crippen molar-refractivity contribution in [3.05, 3.63) is 88.0 Å². The van der Waals surface area contributed by atoms with E-state index in [1.165, 1.54) is 5.56 Å². The minimum absolute atomic E-state index is 0.0842. The van der Waals surface area contributed by atoms with Crippen LogP contribution in [0, 0.1) is 13.8 Å². The Hall–Kier alpha value is -3.05. The third-order valence-electron chi connectivity index (χ3n) is 4.74. The van der Waals surface area contributed by atoms with Gasteiger partial charge in [0.1, 0.15) is 18.1 Å². The summed E-state index contributed by atoms with van der Waals surface area (Å²) in [5.74, 6) is 1.21. The number of hydrogen-bond donors (Lipinski definition) is 1. The lowest BCUT2D eigenvalue weighted by molar-refractivity contribution is 0.304. The van der Waals surface area contributed by atoms with Gasteiger partial charge in [0.2, 0.25) is 0 Å². The molecule has 0 unspecified atom stereocenters. The number of phenolic OH excluding ortho intramolecular Hbond substituents is 1. The van der Waals surface area contributed by atoms with Gasteiger partial charge in [0, 0.05) is 10.5 Å². The molecule has 0 saturated carbocycles. The summed E-state index contributed by atoms with van der Waals surface area (Å²) in [7, 11) is 0. The van der Waals surface area contributed by atoms with Gasteiger partial charge in [-0.1, -0.05) is 63.0 Å². The van der Waals surface area contributed by atoms with Crippen molar-refractivity contribution >= 4 is 15.9 Å². The van der Waals surface area contributed by atoms with Crippen LogP contribution in [0.15, 0.2) is 75.7 Å². The van der Waals surface area contributed by atoms with E-state index in [0.29, 0.717) is 23.7 Å². The molecular weight excluding hydrogens is 430 g/mol. The van der Waals surface area contributed by atoms with Gasteiger partial charge >= 0.3 is 0 Å². The molecule has 3 aromatic carbocycles. The largest absolute Gasteiger partial charge is 0.507 e. The zero-order chi connectivity index (χ0) is 20.4. The molecular formula is C24H20BrNO3. The van der Waals surface area contributed by atoms with Crippen molar-refractivity contribution in [3.8, 4) is 33.9 Å². The van der Waals surface area contributed by atoms with Crippen molar-refractivity contribution in [2.45, 2.75) is 20.5 Å². The molecule has 0 spiro atoms. The maximum absolute atomic E-state index is 10.6. The second kappa shape index (κ2) is 8.13. The fourth-order valence-electron chi connectivity index (χ4n) is 3.15. The minimum Gasteiger partial charge on any atom is -0.507 e. The zero-order valence-electron chi connectivity index (χ0n) is 16.1. The van der Waals surface area contributed by atoms with Crippen molar-refractivity contribution in [2.75, 3.05) is 0 Å². The van der Waals surface area contributed by atoms with Crippen molar-refractivity contribution in [1.29, 1.82) is 0 Å². The second-order valence-electron chi connectivity index (χ2n) is 6.93. The predicted molar refractivity (Wildman–Crippen MR) is 117 cm³/mol. The van der Waals surface area contributed by atoms with E-state index in [-0.39, 0.29) is 5.75 Å². The summed E-state index contributed by atoms with van der Waals surface area (Å²) in [4.78, 5) is 0. The van der Waals surface area contributed by atoms with E-state index in [4.69, 9.17) is 9.26 Å². The van der Waals surface area contributed by atoms with Gasteiger partial charge in [-0.25, -0.2) is 0 Å². The minimum atomic E-state index is 0.0842. The molecule has 146 valence electrons. The first kappa shape index (κ1) is 19.3. The molecule has 0 radical (unpaired) electrons. The maximum Gasteiger partial charge on any atom is 0.178 e. The summed E-state index contributed by atoms with van der Waals surface area (Å²) in [6, 6.07) is 21.3. The van der Waals surface area contributed by atoms with Gasteiger partial charge in [-0.05, 0) is 49.2 Å². The average Bonchev–Trinajstić information content (AvgIpc) is 3.09. The molecule has 29 heavy (non-hydrogen) atoms. The van der Waals surface area contributed by atoms with Gasteiger partial charge in [0.05, 0.1) is 16.8 Å². The fraction of sp³-hybridized carbons (Fsp3) is 0.125. The first-order valence-electron chi connectivity index (χ1n) is 9.25. The molecule has 4 rings (SSSR count). The Morgan fingerprint density at radius 1 is 0.966 bits per heavy atom. The molecule has 0 saturated heterocycles. The van der Waals surface area contributed by atoms with Crippen LogP contribution in [0.3, 0.4) is 0 Å². The Labute approximate surface area is 177 Å². The highest BCUT2D eigenvalue weighted by atomic mass is 79.9. The van der Waals surface area contributed by atoms with Crippen LogP contribution in [0.25, 0.3) is 22.5 Å². The summed E-state index contributed by atoms with van der Waals surface area (Å²) in [6.07, 6.45) is 0. The predicted octanol–water partition coefficient (Wildman–Crippen LogP) is 6.67. The molecule has 1 heterocycles. The highest BCUT2D eigenvalue weighted by Crippen LogP contribution is 2.40. The SMILES string of the molecule is Cc1ccc(COc2ccc(-c3onc(C)c3-c3ccc(Br)cc3)c(O)c2)cc1. The van der Waals surface area contributed by atoms with Crippen LogP contribution in [0.1, 0.15) is 16.8 Å². The van der Waals surface area contributed by atoms with Crippen molar-refractivity contribution in [1.82, 2.24) is 5.16 Å². The van der Waals surface area contributed by atoms with E-state index in [1.807, 2.05) is 49.4 Å². The van der Waals surface area contributed by atoms with Crippen LogP contribution in [0.4, 0.5) is 0 Å². The highest BCUT2D eigenvalue weighted by molar-refractivity contribution is 9.10. The van der Waals surface area contributed by atoms with Gasteiger partial charge in [0.25, 0.3) is 0 Å². The Kier molecular flexibility index (Phi) is 5.41. The molecule has 4 nitrogen and oxygen atoms in total. The van der Waals surface area contributed by atoms with Gasteiger partial charge in [-0.3, -0.25) is 0 Å².